The van der Waals surface area contributed by atoms with Gasteiger partial charge in [0.2, 0.25) is 0 Å². The van der Waals surface area contributed by atoms with E-state index in [1.807, 2.05) is 34.9 Å². The van der Waals surface area contributed by atoms with Crippen LogP contribution in [0.25, 0.3) is 11.3 Å². The van der Waals surface area contributed by atoms with Gasteiger partial charge in [0.25, 0.3) is 5.56 Å². The number of aryl methyl sites for hydroxylation is 1. The molecule has 0 bridgehead atoms. The first-order valence-electron chi connectivity index (χ1n) is 7.97. The fraction of sp³-hybridized carbons (Fsp3) is 0.250. The van der Waals surface area contributed by atoms with Crippen LogP contribution in [0.3, 0.4) is 0 Å². The van der Waals surface area contributed by atoms with Crippen molar-refractivity contribution in [3.05, 3.63) is 82.6 Å². The molecule has 0 amide bonds. The van der Waals surface area contributed by atoms with Crippen LogP contribution in [0.4, 0.5) is 0 Å². The quantitative estimate of drug-likeness (QED) is 0.618. The molecule has 22 heavy (non-hydrogen) atoms. The van der Waals surface area contributed by atoms with Crippen LogP contribution in [0.15, 0.2) is 71.5 Å². The summed E-state index contributed by atoms with van der Waals surface area (Å²) in [6.45, 7) is 0.807. The number of hydrogen-bond donors (Lipinski definition) is 0. The third-order valence-electron chi connectivity index (χ3n) is 4.07. The maximum absolute atomic E-state index is 12.1. The summed E-state index contributed by atoms with van der Waals surface area (Å²) >= 11 is 0. The monoisotopic (exact) mass is 291 g/mol. The van der Waals surface area contributed by atoms with Crippen molar-refractivity contribution in [2.24, 2.45) is 0 Å². The third kappa shape index (κ3) is 3.45. The Morgan fingerprint density at radius 3 is 2.32 bits per heavy atom. The smallest absolute Gasteiger partial charge is 0.251 e. The molecule has 1 aliphatic carbocycles. The lowest BCUT2D eigenvalue weighted by molar-refractivity contribution is 0.584. The molecule has 0 spiro atoms. The van der Waals surface area contributed by atoms with E-state index in [0.29, 0.717) is 0 Å². The van der Waals surface area contributed by atoms with Gasteiger partial charge in [-0.2, -0.15) is 0 Å². The Kier molecular flexibility index (Phi) is 4.69. The first kappa shape index (κ1) is 14.6. The second kappa shape index (κ2) is 7.08. The van der Waals surface area contributed by atoms with Gasteiger partial charge in [0.1, 0.15) is 0 Å². The molecular weight excluding hydrogens is 270 g/mol. The number of rotatable bonds is 6. The molecule has 0 aromatic heterocycles. The molecule has 1 aliphatic heterocycles. The first-order chi connectivity index (χ1) is 10.8. The van der Waals surface area contributed by atoms with Crippen LogP contribution in [0.1, 0.15) is 24.8 Å². The van der Waals surface area contributed by atoms with Crippen molar-refractivity contribution in [3.63, 3.8) is 0 Å². The van der Waals surface area contributed by atoms with E-state index in [1.54, 1.807) is 6.07 Å². The lowest BCUT2D eigenvalue weighted by Gasteiger charge is -2.06. The molecule has 1 aromatic carbocycles. The minimum Gasteiger partial charge on any atom is -0.308 e. The third-order valence-corrected chi connectivity index (χ3v) is 4.07. The Bertz CT molecular complexity index is 745. The van der Waals surface area contributed by atoms with E-state index in [-0.39, 0.29) is 5.56 Å². The van der Waals surface area contributed by atoms with E-state index in [4.69, 9.17) is 0 Å². The van der Waals surface area contributed by atoms with Gasteiger partial charge in [-0.3, -0.25) is 4.79 Å². The first-order valence-corrected chi connectivity index (χ1v) is 7.97. The molecule has 0 atom stereocenters. The summed E-state index contributed by atoms with van der Waals surface area (Å²) in [6, 6.07) is 22.3. The van der Waals surface area contributed by atoms with Crippen molar-refractivity contribution in [2.45, 2.75) is 32.2 Å². The molecule has 0 N–H and O–H groups in total. The molecule has 0 fully saturated rings. The van der Waals surface area contributed by atoms with Crippen molar-refractivity contribution in [1.82, 2.24) is 4.57 Å². The molecule has 2 heteroatoms. The molecule has 1 aromatic rings. The zero-order chi connectivity index (χ0) is 15.2. The summed E-state index contributed by atoms with van der Waals surface area (Å²) in [5, 5.41) is 0. The highest BCUT2D eigenvalue weighted by Gasteiger charge is 2.09. The molecular formula is C20H21NO. The van der Waals surface area contributed by atoms with E-state index in [9.17, 15) is 4.79 Å². The fourth-order valence-electron chi connectivity index (χ4n) is 2.90. The molecule has 2 nitrogen and oxygen atoms in total. The van der Waals surface area contributed by atoms with E-state index >= 15 is 0 Å². The van der Waals surface area contributed by atoms with Crippen molar-refractivity contribution >= 4 is 0 Å². The van der Waals surface area contributed by atoms with E-state index in [0.717, 1.165) is 37.1 Å². The summed E-state index contributed by atoms with van der Waals surface area (Å²) < 4.78 is 1.90. The predicted molar refractivity (Wildman–Crippen MR) is 91.3 cm³/mol. The molecule has 112 valence electrons. The van der Waals surface area contributed by atoms with Gasteiger partial charge in [-0.25, -0.2) is 0 Å². The van der Waals surface area contributed by atoms with Crippen LogP contribution in [-0.2, 0) is 13.0 Å². The Hall–Kier alpha value is -2.35. The molecule has 3 rings (SSSR count). The van der Waals surface area contributed by atoms with Crippen LogP contribution in [0.2, 0.25) is 0 Å². The van der Waals surface area contributed by atoms with Gasteiger partial charge in [0.15, 0.2) is 0 Å². The number of fused-ring (bicyclic) bond motifs is 1. The minimum atomic E-state index is 0.115. The van der Waals surface area contributed by atoms with Gasteiger partial charge >= 0.3 is 0 Å². The highest BCUT2D eigenvalue weighted by Crippen LogP contribution is 2.19. The Morgan fingerprint density at radius 2 is 1.50 bits per heavy atom. The summed E-state index contributed by atoms with van der Waals surface area (Å²) in [7, 11) is 0. The van der Waals surface area contributed by atoms with Crippen molar-refractivity contribution < 1.29 is 0 Å². The van der Waals surface area contributed by atoms with Crippen LogP contribution < -0.4 is 5.56 Å². The Labute approximate surface area is 131 Å². The summed E-state index contributed by atoms with van der Waals surface area (Å²) in [5.74, 6) is 0. The van der Waals surface area contributed by atoms with Gasteiger partial charge in [-0.15, -0.1) is 0 Å². The predicted octanol–water partition coefficient (Wildman–Crippen LogP) is 4.37. The van der Waals surface area contributed by atoms with Crippen molar-refractivity contribution in [1.29, 1.82) is 0 Å². The van der Waals surface area contributed by atoms with Crippen molar-refractivity contribution in [2.75, 3.05) is 0 Å². The number of benzene rings is 1. The maximum atomic E-state index is 12.1. The second-order valence-electron chi connectivity index (χ2n) is 5.68. The summed E-state index contributed by atoms with van der Waals surface area (Å²) in [6.07, 6.45) is 4.48. The van der Waals surface area contributed by atoms with Gasteiger partial charge < -0.3 is 4.57 Å². The average molecular weight is 291 g/mol. The highest BCUT2D eigenvalue weighted by atomic mass is 16.1. The van der Waals surface area contributed by atoms with Crippen LogP contribution >= 0.6 is 0 Å². The van der Waals surface area contributed by atoms with Crippen LogP contribution in [0, 0.1) is 0 Å². The van der Waals surface area contributed by atoms with Gasteiger partial charge in [0, 0.05) is 18.2 Å². The number of nitrogens with zero attached hydrogens (tertiary/aromatic N) is 1. The topological polar surface area (TPSA) is 22.0 Å². The normalized spacial score (nSPS) is 10.9. The summed E-state index contributed by atoms with van der Waals surface area (Å²) in [5.41, 5.74) is 3.58. The zero-order valence-electron chi connectivity index (χ0n) is 12.7. The standard InChI is InChI=1S/C20H21NO/c22-20-16-18-13-7-2-8-14-19(18)21(20)15-9-3-6-12-17-10-4-1-5-11-17/h1-2,4-5,7-8,10-11,13-14,16H,3,6,9,12,15H2. The van der Waals surface area contributed by atoms with Crippen molar-refractivity contribution in [3.8, 4) is 11.3 Å². The number of unbranched alkanes of at least 4 members (excludes halogenated alkanes) is 2. The van der Waals surface area contributed by atoms with Gasteiger partial charge in [0.05, 0.1) is 5.69 Å². The number of hydrogen-bond acceptors (Lipinski definition) is 1. The fourth-order valence-corrected chi connectivity index (χ4v) is 2.90. The average Bonchev–Trinajstić information content (AvgIpc) is 2.71. The molecule has 0 saturated heterocycles. The Balaban J connectivity index is 1.55. The minimum absolute atomic E-state index is 0.115. The summed E-state index contributed by atoms with van der Waals surface area (Å²) in [4.78, 5) is 12.1. The lowest BCUT2D eigenvalue weighted by atomic mass is 10.1. The van der Waals surface area contributed by atoms with Gasteiger partial charge in [-0.05, 0) is 30.9 Å². The molecule has 1 heterocycles. The lowest BCUT2D eigenvalue weighted by Crippen LogP contribution is -2.14. The van der Waals surface area contributed by atoms with E-state index in [1.165, 1.54) is 12.0 Å². The van der Waals surface area contributed by atoms with Gasteiger partial charge in [-0.1, -0.05) is 61.0 Å². The highest BCUT2D eigenvalue weighted by molar-refractivity contribution is 5.61. The molecule has 0 saturated carbocycles. The molecule has 2 aliphatic rings. The largest absolute Gasteiger partial charge is 0.308 e. The molecule has 0 radical (unpaired) electrons. The Morgan fingerprint density at radius 1 is 0.773 bits per heavy atom. The SMILES string of the molecule is O=c1cc2cccccc-2n1CCCCCc1ccccc1. The van der Waals surface area contributed by atoms with E-state index < -0.39 is 0 Å². The van der Waals surface area contributed by atoms with Crippen LogP contribution in [0.5, 0.6) is 0 Å². The second-order valence-corrected chi connectivity index (χ2v) is 5.68. The maximum Gasteiger partial charge on any atom is 0.251 e. The van der Waals surface area contributed by atoms with Crippen LogP contribution in [-0.4, -0.2) is 4.57 Å². The molecule has 0 unspecified atom stereocenters. The number of aromatic nitrogens is 1. The van der Waals surface area contributed by atoms with E-state index in [2.05, 4.69) is 30.3 Å². The zero-order valence-corrected chi connectivity index (χ0v) is 12.7.